The van der Waals surface area contributed by atoms with E-state index in [1.54, 1.807) is 0 Å². The molecule has 17 heavy (non-hydrogen) atoms. The summed E-state index contributed by atoms with van der Waals surface area (Å²) >= 11 is 1.35. The fraction of sp³-hybridized carbons (Fsp3) is 0.333. The van der Waals surface area contributed by atoms with E-state index in [1.165, 1.54) is 16.9 Å². The Balaban J connectivity index is 2.04. The van der Waals surface area contributed by atoms with E-state index in [1.807, 2.05) is 19.1 Å². The van der Waals surface area contributed by atoms with E-state index in [0.29, 0.717) is 5.13 Å². The maximum absolute atomic E-state index is 5.77. The van der Waals surface area contributed by atoms with Gasteiger partial charge in [0, 0.05) is 0 Å². The van der Waals surface area contributed by atoms with Gasteiger partial charge in [0.05, 0.1) is 0 Å². The van der Waals surface area contributed by atoms with Gasteiger partial charge >= 0.3 is 0 Å². The molecule has 0 saturated carbocycles. The summed E-state index contributed by atoms with van der Waals surface area (Å²) in [6.07, 6.45) is 0.903. The van der Waals surface area contributed by atoms with E-state index in [-0.39, 0.29) is 6.10 Å². The Hall–Kier alpha value is -1.62. The van der Waals surface area contributed by atoms with Gasteiger partial charge in [-0.25, -0.2) is 0 Å². The zero-order chi connectivity index (χ0) is 12.3. The zero-order valence-electron chi connectivity index (χ0n) is 9.88. The summed E-state index contributed by atoms with van der Waals surface area (Å²) in [4.78, 5) is 0. The average molecular weight is 249 g/mol. The van der Waals surface area contributed by atoms with Crippen LogP contribution < -0.4 is 10.5 Å². The first-order valence-electron chi connectivity index (χ1n) is 5.53. The Labute approximate surface area is 104 Å². The van der Waals surface area contributed by atoms with Crippen molar-refractivity contribution >= 4 is 16.5 Å². The van der Waals surface area contributed by atoms with Crippen molar-refractivity contribution in [2.24, 2.45) is 0 Å². The molecule has 2 N–H and O–H groups in total. The molecule has 0 aliphatic rings. The lowest BCUT2D eigenvalue weighted by atomic mass is 10.2. The molecule has 2 aromatic rings. The van der Waals surface area contributed by atoms with Crippen molar-refractivity contribution < 1.29 is 4.74 Å². The van der Waals surface area contributed by atoms with Crippen LogP contribution >= 0.6 is 11.3 Å². The summed E-state index contributed by atoms with van der Waals surface area (Å²) < 4.78 is 5.77. The molecule has 0 aliphatic carbocycles. The van der Waals surface area contributed by atoms with Crippen LogP contribution in [0.2, 0.25) is 0 Å². The first-order chi connectivity index (χ1) is 8.19. The minimum atomic E-state index is -0.128. The van der Waals surface area contributed by atoms with Crippen molar-refractivity contribution in [2.45, 2.75) is 26.4 Å². The number of aromatic nitrogens is 2. The molecule has 4 nitrogen and oxygen atoms in total. The normalized spacial score (nSPS) is 12.4. The van der Waals surface area contributed by atoms with Crippen molar-refractivity contribution in [2.75, 3.05) is 5.73 Å². The van der Waals surface area contributed by atoms with Crippen LogP contribution in [0.1, 0.15) is 30.5 Å². The van der Waals surface area contributed by atoms with Gasteiger partial charge < -0.3 is 10.5 Å². The van der Waals surface area contributed by atoms with Crippen LogP contribution in [-0.2, 0) is 6.42 Å². The molecule has 0 spiro atoms. The van der Waals surface area contributed by atoms with Crippen LogP contribution in [0.5, 0.6) is 5.75 Å². The largest absolute Gasteiger partial charge is 0.483 e. The van der Waals surface area contributed by atoms with E-state index >= 15 is 0 Å². The van der Waals surface area contributed by atoms with Gasteiger partial charge in [-0.15, -0.1) is 10.2 Å². The Morgan fingerprint density at radius 2 is 2.00 bits per heavy atom. The lowest BCUT2D eigenvalue weighted by Gasteiger charge is -2.11. The second-order valence-electron chi connectivity index (χ2n) is 3.74. The van der Waals surface area contributed by atoms with E-state index in [9.17, 15) is 0 Å². The SMILES string of the molecule is CCc1ccc(O[C@H](C)c2nnc(N)s2)cc1. The number of rotatable bonds is 4. The molecule has 2 rings (SSSR count). The second-order valence-corrected chi connectivity index (χ2v) is 4.78. The third-order valence-corrected chi connectivity index (χ3v) is 3.36. The second kappa shape index (κ2) is 5.14. The van der Waals surface area contributed by atoms with Gasteiger partial charge in [-0.2, -0.15) is 0 Å². The summed E-state index contributed by atoms with van der Waals surface area (Å²) in [5.74, 6) is 0.837. The van der Waals surface area contributed by atoms with Crippen molar-refractivity contribution in [3.8, 4) is 5.75 Å². The maximum Gasteiger partial charge on any atom is 0.203 e. The molecule has 0 amide bonds. The number of aryl methyl sites for hydroxylation is 1. The highest BCUT2D eigenvalue weighted by molar-refractivity contribution is 7.15. The van der Waals surface area contributed by atoms with E-state index in [4.69, 9.17) is 10.5 Å². The molecule has 0 bridgehead atoms. The molecule has 1 atom stereocenters. The number of hydrogen-bond donors (Lipinski definition) is 1. The van der Waals surface area contributed by atoms with Crippen LogP contribution in [0.4, 0.5) is 5.13 Å². The molecule has 0 unspecified atom stereocenters. The van der Waals surface area contributed by atoms with Crippen molar-refractivity contribution in [3.63, 3.8) is 0 Å². The third-order valence-electron chi connectivity index (χ3n) is 2.45. The first kappa shape index (κ1) is 11.9. The number of anilines is 1. The van der Waals surface area contributed by atoms with Gasteiger partial charge in [-0.1, -0.05) is 30.4 Å². The van der Waals surface area contributed by atoms with Gasteiger partial charge in [-0.3, -0.25) is 0 Å². The molecule has 1 heterocycles. The van der Waals surface area contributed by atoms with Crippen molar-refractivity contribution in [3.05, 3.63) is 34.8 Å². The quantitative estimate of drug-likeness (QED) is 0.905. The molecule has 0 radical (unpaired) electrons. The fourth-order valence-electron chi connectivity index (χ4n) is 1.47. The number of nitrogen functional groups attached to an aromatic ring is 1. The van der Waals surface area contributed by atoms with Gasteiger partial charge in [0.15, 0.2) is 5.01 Å². The number of nitrogens with two attached hydrogens (primary N) is 1. The molecular weight excluding hydrogens is 234 g/mol. The first-order valence-corrected chi connectivity index (χ1v) is 6.35. The number of benzene rings is 1. The number of nitrogens with zero attached hydrogens (tertiary/aromatic N) is 2. The number of hydrogen-bond acceptors (Lipinski definition) is 5. The van der Waals surface area contributed by atoms with Crippen LogP contribution in [0.25, 0.3) is 0 Å². The Kier molecular flexibility index (Phi) is 3.58. The van der Waals surface area contributed by atoms with Crippen molar-refractivity contribution in [1.29, 1.82) is 0 Å². The lowest BCUT2D eigenvalue weighted by Crippen LogP contribution is -2.02. The molecule has 1 aromatic carbocycles. The number of ether oxygens (including phenoxy) is 1. The average Bonchev–Trinajstić information content (AvgIpc) is 2.77. The molecule has 5 heteroatoms. The predicted molar refractivity (Wildman–Crippen MR) is 69.2 cm³/mol. The van der Waals surface area contributed by atoms with Crippen LogP contribution in [-0.4, -0.2) is 10.2 Å². The standard InChI is InChI=1S/C12H15N3OS/c1-3-9-4-6-10(7-5-9)16-8(2)11-14-15-12(13)17-11/h4-8H,3H2,1-2H3,(H2,13,15)/t8-/m1/s1. The van der Waals surface area contributed by atoms with E-state index in [2.05, 4.69) is 29.3 Å². The highest BCUT2D eigenvalue weighted by Crippen LogP contribution is 2.25. The minimum Gasteiger partial charge on any atom is -0.483 e. The summed E-state index contributed by atoms with van der Waals surface area (Å²) in [5.41, 5.74) is 6.83. The highest BCUT2D eigenvalue weighted by atomic mass is 32.1. The summed E-state index contributed by atoms with van der Waals surface area (Å²) in [7, 11) is 0. The predicted octanol–water partition coefficient (Wildman–Crippen LogP) is 2.82. The van der Waals surface area contributed by atoms with E-state index in [0.717, 1.165) is 17.2 Å². The Morgan fingerprint density at radius 3 is 2.53 bits per heavy atom. The third kappa shape index (κ3) is 2.94. The van der Waals surface area contributed by atoms with Gasteiger partial charge in [-0.05, 0) is 31.0 Å². The van der Waals surface area contributed by atoms with Gasteiger partial charge in [0.1, 0.15) is 11.9 Å². The fourth-order valence-corrected chi connectivity index (χ4v) is 2.06. The summed E-state index contributed by atoms with van der Waals surface area (Å²) in [5, 5.41) is 9.00. The topological polar surface area (TPSA) is 61.0 Å². The minimum absolute atomic E-state index is 0.128. The smallest absolute Gasteiger partial charge is 0.203 e. The lowest BCUT2D eigenvalue weighted by molar-refractivity contribution is 0.225. The van der Waals surface area contributed by atoms with Crippen LogP contribution in [0.15, 0.2) is 24.3 Å². The van der Waals surface area contributed by atoms with Crippen molar-refractivity contribution in [1.82, 2.24) is 10.2 Å². The summed E-state index contributed by atoms with van der Waals surface area (Å²) in [6, 6.07) is 8.08. The van der Waals surface area contributed by atoms with Crippen LogP contribution in [0, 0.1) is 0 Å². The van der Waals surface area contributed by atoms with Gasteiger partial charge in [0.2, 0.25) is 5.13 Å². The molecule has 0 saturated heterocycles. The van der Waals surface area contributed by atoms with Gasteiger partial charge in [0.25, 0.3) is 0 Å². The summed E-state index contributed by atoms with van der Waals surface area (Å²) in [6.45, 7) is 4.07. The molecule has 1 aromatic heterocycles. The molecular formula is C12H15N3OS. The molecule has 0 fully saturated rings. The Morgan fingerprint density at radius 1 is 1.29 bits per heavy atom. The van der Waals surface area contributed by atoms with Crippen LogP contribution in [0.3, 0.4) is 0 Å². The Bertz CT molecular complexity index is 481. The molecule has 0 aliphatic heterocycles. The van der Waals surface area contributed by atoms with E-state index < -0.39 is 0 Å². The monoisotopic (exact) mass is 249 g/mol. The maximum atomic E-state index is 5.77. The molecule has 90 valence electrons. The highest BCUT2D eigenvalue weighted by Gasteiger charge is 2.12. The zero-order valence-corrected chi connectivity index (χ0v) is 10.7.